The second-order valence-electron chi connectivity index (χ2n) is 7.06. The van der Waals surface area contributed by atoms with E-state index in [9.17, 15) is 20.0 Å². The molecule has 0 bridgehead atoms. The predicted molar refractivity (Wildman–Crippen MR) is 104 cm³/mol. The summed E-state index contributed by atoms with van der Waals surface area (Å²) in [5.41, 5.74) is 0.524. The molecule has 0 spiro atoms. The Kier molecular flexibility index (Phi) is 5.95. The molecule has 0 unspecified atom stereocenters. The molecule has 1 fully saturated rings. The topological polar surface area (TPSA) is 103 Å². The van der Waals surface area contributed by atoms with Crippen LogP contribution in [0.5, 0.6) is 0 Å². The van der Waals surface area contributed by atoms with Crippen LogP contribution < -0.4 is 5.32 Å². The van der Waals surface area contributed by atoms with E-state index in [1.165, 1.54) is 18.6 Å². The van der Waals surface area contributed by atoms with Crippen LogP contribution >= 0.6 is 0 Å². The Hall–Kier alpha value is -3.33. The first-order valence-corrected chi connectivity index (χ1v) is 9.34. The number of aromatic carboxylic acids is 1. The fourth-order valence-corrected chi connectivity index (χ4v) is 3.53. The van der Waals surface area contributed by atoms with E-state index in [1.807, 2.05) is 6.07 Å². The van der Waals surface area contributed by atoms with E-state index >= 15 is 0 Å². The second kappa shape index (κ2) is 8.57. The molecule has 2 atom stereocenters. The number of carbonyl (C=O) groups is 2. The number of nitrogens with zero attached hydrogens (tertiary/aromatic N) is 1. The van der Waals surface area contributed by atoms with Crippen LogP contribution in [0, 0.1) is 17.2 Å². The molecule has 1 heterocycles. The minimum atomic E-state index is -1.05. The zero-order valence-electron chi connectivity index (χ0n) is 15.6. The zero-order valence-corrected chi connectivity index (χ0v) is 15.6. The van der Waals surface area contributed by atoms with Crippen LogP contribution in [0.1, 0.15) is 48.7 Å². The molecule has 6 heteroatoms. The molecule has 1 amide bonds. The van der Waals surface area contributed by atoms with Crippen LogP contribution in [-0.4, -0.2) is 23.0 Å². The van der Waals surface area contributed by atoms with E-state index in [0.717, 1.165) is 19.3 Å². The van der Waals surface area contributed by atoms with Crippen LogP contribution in [-0.2, 0) is 4.79 Å². The van der Waals surface area contributed by atoms with Crippen molar-refractivity contribution in [1.29, 1.82) is 5.26 Å². The van der Waals surface area contributed by atoms with Crippen molar-refractivity contribution in [3.8, 4) is 17.4 Å². The van der Waals surface area contributed by atoms with E-state index in [2.05, 4.69) is 12.2 Å². The third kappa shape index (κ3) is 4.32. The monoisotopic (exact) mass is 378 g/mol. The summed E-state index contributed by atoms with van der Waals surface area (Å²) in [5, 5.41) is 21.7. The maximum absolute atomic E-state index is 12.5. The van der Waals surface area contributed by atoms with Gasteiger partial charge in [-0.15, -0.1) is 0 Å². The molecular weight excluding hydrogens is 356 g/mol. The maximum atomic E-state index is 12.5. The van der Waals surface area contributed by atoms with Gasteiger partial charge in [-0.05, 0) is 37.0 Å². The van der Waals surface area contributed by atoms with Gasteiger partial charge in [-0.1, -0.05) is 38.0 Å². The number of nitrogens with one attached hydrogen (secondary N) is 1. The number of nitriles is 1. The Balaban J connectivity index is 1.80. The minimum absolute atomic E-state index is 0.0369. The largest absolute Gasteiger partial charge is 0.478 e. The molecule has 1 aromatic heterocycles. The number of furan rings is 1. The number of hydrogen-bond donors (Lipinski definition) is 2. The second-order valence-corrected chi connectivity index (χ2v) is 7.06. The third-order valence-electron chi connectivity index (χ3n) is 5.13. The molecule has 0 aliphatic heterocycles. The lowest BCUT2D eigenvalue weighted by Gasteiger charge is -2.29. The van der Waals surface area contributed by atoms with Crippen LogP contribution in [0.15, 0.2) is 46.4 Å². The van der Waals surface area contributed by atoms with Crippen molar-refractivity contribution < 1.29 is 19.1 Å². The quantitative estimate of drug-likeness (QED) is 0.598. The van der Waals surface area contributed by atoms with Crippen molar-refractivity contribution in [3.05, 3.63) is 53.3 Å². The van der Waals surface area contributed by atoms with Crippen LogP contribution in [0.4, 0.5) is 0 Å². The van der Waals surface area contributed by atoms with Crippen molar-refractivity contribution in [2.24, 2.45) is 5.92 Å². The molecule has 2 aromatic rings. The molecular formula is C22H22N2O4. The molecule has 1 saturated carbocycles. The molecule has 144 valence electrons. The summed E-state index contributed by atoms with van der Waals surface area (Å²) < 4.78 is 5.68. The van der Waals surface area contributed by atoms with Gasteiger partial charge >= 0.3 is 5.97 Å². The first kappa shape index (κ1) is 19.4. The number of hydrogen-bond acceptors (Lipinski definition) is 4. The Morgan fingerprint density at radius 1 is 1.21 bits per heavy atom. The molecule has 0 radical (unpaired) electrons. The smallest absolute Gasteiger partial charge is 0.336 e. The van der Waals surface area contributed by atoms with E-state index in [1.54, 1.807) is 30.3 Å². The van der Waals surface area contributed by atoms with Gasteiger partial charge < -0.3 is 14.8 Å². The summed E-state index contributed by atoms with van der Waals surface area (Å²) in [5.74, 6) is -0.394. The third-order valence-corrected chi connectivity index (χ3v) is 5.13. The highest BCUT2D eigenvalue weighted by Crippen LogP contribution is 2.27. The van der Waals surface area contributed by atoms with E-state index in [0.29, 0.717) is 23.0 Å². The lowest BCUT2D eigenvalue weighted by Crippen LogP contribution is -2.41. The summed E-state index contributed by atoms with van der Waals surface area (Å²) in [4.78, 5) is 23.9. The average molecular weight is 378 g/mol. The predicted octanol–water partition coefficient (Wildman–Crippen LogP) is 4.25. The Labute approximate surface area is 163 Å². The molecule has 1 aliphatic rings. The first-order chi connectivity index (χ1) is 13.5. The highest BCUT2D eigenvalue weighted by molar-refractivity contribution is 6.01. The Morgan fingerprint density at radius 2 is 1.96 bits per heavy atom. The van der Waals surface area contributed by atoms with Gasteiger partial charge in [0.05, 0.1) is 5.56 Å². The highest BCUT2D eigenvalue weighted by atomic mass is 16.4. The summed E-state index contributed by atoms with van der Waals surface area (Å²) in [6.45, 7) is 2.11. The minimum Gasteiger partial charge on any atom is -0.478 e. The number of benzene rings is 1. The van der Waals surface area contributed by atoms with Gasteiger partial charge in [-0.3, -0.25) is 4.79 Å². The highest BCUT2D eigenvalue weighted by Gasteiger charge is 2.24. The maximum Gasteiger partial charge on any atom is 0.336 e. The van der Waals surface area contributed by atoms with Crippen LogP contribution in [0.3, 0.4) is 0 Å². The normalized spacial score (nSPS) is 19.6. The van der Waals surface area contributed by atoms with Crippen molar-refractivity contribution in [2.75, 3.05) is 0 Å². The summed E-state index contributed by atoms with van der Waals surface area (Å²) in [7, 11) is 0. The standard InChI is InChI=1S/C22H22N2O4/c1-14-6-2-5-9-19(14)24-21(25)15(13-23)12-16-10-11-20(28-16)17-7-3-4-8-18(17)22(26)27/h3-4,7-8,10-12,14,19H,2,5-6,9H2,1H3,(H,24,25)(H,26,27)/b15-12+/t14-,19-/m0/s1. The Bertz CT molecular complexity index is 951. The molecule has 2 N–H and O–H groups in total. The Morgan fingerprint density at radius 3 is 2.68 bits per heavy atom. The van der Waals surface area contributed by atoms with Crippen molar-refractivity contribution in [2.45, 2.75) is 38.6 Å². The average Bonchev–Trinajstić information content (AvgIpc) is 3.16. The van der Waals surface area contributed by atoms with Gasteiger partial charge in [-0.25, -0.2) is 4.79 Å². The lowest BCUT2D eigenvalue weighted by molar-refractivity contribution is -0.118. The van der Waals surface area contributed by atoms with Crippen LogP contribution in [0.2, 0.25) is 0 Å². The number of carbonyl (C=O) groups excluding carboxylic acids is 1. The summed E-state index contributed by atoms with van der Waals surface area (Å²) in [6.07, 6.45) is 5.62. The number of carboxylic acid groups (broad SMARTS) is 1. The fraction of sp³-hybridized carbons (Fsp3) is 0.318. The first-order valence-electron chi connectivity index (χ1n) is 9.34. The number of rotatable bonds is 5. The van der Waals surface area contributed by atoms with Gasteiger partial charge in [0.15, 0.2) is 0 Å². The summed E-state index contributed by atoms with van der Waals surface area (Å²) in [6, 6.07) is 11.8. The summed E-state index contributed by atoms with van der Waals surface area (Å²) >= 11 is 0. The molecule has 1 aliphatic carbocycles. The molecule has 6 nitrogen and oxygen atoms in total. The number of carboxylic acids is 1. The van der Waals surface area contributed by atoms with Gasteiger partial charge in [0.1, 0.15) is 23.2 Å². The molecule has 3 rings (SSSR count). The SMILES string of the molecule is C[C@H]1CCCC[C@@H]1NC(=O)/C(C#N)=C/c1ccc(-c2ccccc2C(=O)O)o1. The number of amides is 1. The van der Waals surface area contributed by atoms with Gasteiger partial charge in [0.25, 0.3) is 5.91 Å². The van der Waals surface area contributed by atoms with E-state index in [-0.39, 0.29) is 17.2 Å². The zero-order chi connectivity index (χ0) is 20.1. The lowest BCUT2D eigenvalue weighted by atomic mass is 9.86. The van der Waals surface area contributed by atoms with Crippen molar-refractivity contribution in [1.82, 2.24) is 5.32 Å². The molecule has 1 aromatic carbocycles. The van der Waals surface area contributed by atoms with Crippen molar-refractivity contribution in [3.63, 3.8) is 0 Å². The van der Waals surface area contributed by atoms with Gasteiger partial charge in [0.2, 0.25) is 0 Å². The van der Waals surface area contributed by atoms with E-state index < -0.39 is 11.9 Å². The van der Waals surface area contributed by atoms with E-state index in [4.69, 9.17) is 4.42 Å². The van der Waals surface area contributed by atoms with Crippen molar-refractivity contribution >= 4 is 18.0 Å². The fourth-order valence-electron chi connectivity index (χ4n) is 3.53. The van der Waals surface area contributed by atoms with Gasteiger partial charge in [0, 0.05) is 17.7 Å². The van der Waals surface area contributed by atoms with Gasteiger partial charge in [-0.2, -0.15) is 5.26 Å². The van der Waals surface area contributed by atoms with Crippen LogP contribution in [0.25, 0.3) is 17.4 Å². The molecule has 0 saturated heterocycles. The molecule has 28 heavy (non-hydrogen) atoms.